The van der Waals surface area contributed by atoms with Crippen LogP contribution in [0.2, 0.25) is 0 Å². The number of rotatable bonds is 21. The maximum absolute atomic E-state index is 6.72. The Bertz CT molecular complexity index is 842. The second-order valence-electron chi connectivity index (χ2n) is 14.4. The number of hydrogen-bond donors (Lipinski definition) is 0. The largest absolute Gasteiger partial charge is 0.225 e. The fourth-order valence-corrected chi connectivity index (χ4v) is 6.54. The highest BCUT2D eigenvalue weighted by atomic mass is 17.2. The van der Waals surface area contributed by atoms with E-state index in [-0.39, 0.29) is 10.8 Å². The lowest BCUT2D eigenvalue weighted by Gasteiger charge is -2.42. The van der Waals surface area contributed by atoms with E-state index in [1.54, 1.807) is 0 Å². The Balaban J connectivity index is 2.24. The van der Waals surface area contributed by atoms with E-state index < -0.39 is 11.2 Å². The first-order chi connectivity index (χ1) is 19.0. The smallest absolute Gasteiger partial charge is 0.126 e. The van der Waals surface area contributed by atoms with Crippen LogP contribution in [0.1, 0.15) is 156 Å². The Kier molecular flexibility index (Phi) is 14.4. The molecule has 2 atom stereocenters. The molecule has 0 heterocycles. The first kappa shape index (κ1) is 34.6. The molecular formula is C38H62O2. The zero-order valence-electron chi connectivity index (χ0n) is 27.5. The van der Waals surface area contributed by atoms with Gasteiger partial charge in [-0.05, 0) is 61.5 Å². The monoisotopic (exact) mass is 550 g/mol. The van der Waals surface area contributed by atoms with Gasteiger partial charge in [-0.3, -0.25) is 0 Å². The summed E-state index contributed by atoms with van der Waals surface area (Å²) >= 11 is 0. The third-order valence-electron chi connectivity index (χ3n) is 8.72. The van der Waals surface area contributed by atoms with Crippen molar-refractivity contribution in [3.8, 4) is 0 Å². The van der Waals surface area contributed by atoms with Crippen molar-refractivity contribution in [2.24, 2.45) is 10.8 Å². The van der Waals surface area contributed by atoms with Gasteiger partial charge < -0.3 is 0 Å². The summed E-state index contributed by atoms with van der Waals surface area (Å²) in [5.41, 5.74) is 1.55. The summed E-state index contributed by atoms with van der Waals surface area (Å²) < 4.78 is 0. The number of unbranched alkanes of at least 4 members (excludes halogenated alkanes) is 8. The third kappa shape index (κ3) is 12.1. The molecular weight excluding hydrogens is 488 g/mol. The van der Waals surface area contributed by atoms with E-state index in [0.29, 0.717) is 0 Å². The average Bonchev–Trinajstić information content (AvgIpc) is 2.92. The van der Waals surface area contributed by atoms with Gasteiger partial charge in [-0.15, -0.1) is 0 Å². The minimum absolute atomic E-state index is 0.140. The van der Waals surface area contributed by atoms with Crippen molar-refractivity contribution < 1.29 is 9.78 Å². The summed E-state index contributed by atoms with van der Waals surface area (Å²) in [4.78, 5) is 13.4. The minimum Gasteiger partial charge on any atom is -0.225 e. The molecule has 2 rings (SSSR count). The molecule has 0 aromatic heterocycles. The Morgan fingerprint density at radius 1 is 0.450 bits per heavy atom. The Morgan fingerprint density at radius 2 is 0.775 bits per heavy atom. The lowest BCUT2D eigenvalue weighted by molar-refractivity contribution is -0.425. The molecule has 2 aromatic rings. The highest BCUT2D eigenvalue weighted by molar-refractivity contribution is 5.24. The van der Waals surface area contributed by atoms with Crippen molar-refractivity contribution >= 4 is 0 Å². The van der Waals surface area contributed by atoms with Crippen LogP contribution in [0.4, 0.5) is 0 Å². The van der Waals surface area contributed by atoms with E-state index in [0.717, 1.165) is 12.8 Å². The maximum Gasteiger partial charge on any atom is 0.126 e. The van der Waals surface area contributed by atoms with Crippen LogP contribution in [0.3, 0.4) is 0 Å². The van der Waals surface area contributed by atoms with Crippen LogP contribution in [0, 0.1) is 10.8 Å². The zero-order valence-corrected chi connectivity index (χ0v) is 27.5. The molecule has 0 aliphatic rings. The Hall–Kier alpha value is -1.64. The van der Waals surface area contributed by atoms with Gasteiger partial charge in [0.1, 0.15) is 11.2 Å². The summed E-state index contributed by atoms with van der Waals surface area (Å²) in [6.07, 6.45) is 17.3. The minimum atomic E-state index is -0.547. The second-order valence-corrected chi connectivity index (χ2v) is 14.4. The predicted octanol–water partition coefficient (Wildman–Crippen LogP) is 12.3. The van der Waals surface area contributed by atoms with Crippen LogP contribution in [0.5, 0.6) is 0 Å². The van der Waals surface area contributed by atoms with Gasteiger partial charge in [0.25, 0.3) is 0 Å². The van der Waals surface area contributed by atoms with Crippen LogP contribution in [0.25, 0.3) is 0 Å². The summed E-state index contributed by atoms with van der Waals surface area (Å²) in [6, 6.07) is 21.4. The molecule has 0 amide bonds. The first-order valence-electron chi connectivity index (χ1n) is 16.4. The number of benzene rings is 2. The molecule has 2 unspecified atom stereocenters. The standard InChI is InChI=1S/C38H62O2/c1-9-11-13-15-23-29-35(3,4)31-37(7,33-25-19-17-20-26-33)39-40-38(8,34-27-21-18-22-28-34)32-36(5,6)30-24-16-14-12-10-2/h17-22,25-28H,9-16,23-24,29-32H2,1-8H3. The molecule has 2 heteroatoms. The summed E-state index contributed by atoms with van der Waals surface area (Å²) in [5.74, 6) is 0. The lowest BCUT2D eigenvalue weighted by Crippen LogP contribution is -2.38. The molecule has 0 aliphatic heterocycles. The fourth-order valence-electron chi connectivity index (χ4n) is 6.54. The van der Waals surface area contributed by atoms with Crippen molar-refractivity contribution in [1.82, 2.24) is 0 Å². The first-order valence-corrected chi connectivity index (χ1v) is 16.4. The summed E-state index contributed by atoms with van der Waals surface area (Å²) in [5, 5.41) is 0. The van der Waals surface area contributed by atoms with Crippen molar-refractivity contribution in [1.29, 1.82) is 0 Å². The molecule has 0 radical (unpaired) electrons. The third-order valence-corrected chi connectivity index (χ3v) is 8.72. The van der Waals surface area contributed by atoms with E-state index in [1.807, 2.05) is 0 Å². The number of hydrogen-bond acceptors (Lipinski definition) is 2. The molecule has 2 aromatic carbocycles. The van der Waals surface area contributed by atoms with Gasteiger partial charge in [0, 0.05) is 0 Å². The van der Waals surface area contributed by atoms with Crippen molar-refractivity contribution in [2.45, 2.75) is 156 Å². The molecule has 0 spiro atoms. The molecule has 0 saturated carbocycles. The van der Waals surface area contributed by atoms with Crippen LogP contribution in [-0.2, 0) is 21.0 Å². The van der Waals surface area contributed by atoms with E-state index in [2.05, 4.69) is 116 Å². The SMILES string of the molecule is CCCCCCCC(C)(C)CC(C)(OOC(C)(CC(C)(C)CCCCCCC)c1ccccc1)c1ccccc1. The molecule has 0 N–H and O–H groups in total. The molecule has 0 fully saturated rings. The second kappa shape index (κ2) is 16.7. The molecule has 0 saturated heterocycles. The van der Waals surface area contributed by atoms with Gasteiger partial charge in [-0.1, -0.05) is 166 Å². The van der Waals surface area contributed by atoms with Gasteiger partial charge in [0.2, 0.25) is 0 Å². The Labute approximate surface area is 248 Å². The summed E-state index contributed by atoms with van der Waals surface area (Å²) in [7, 11) is 0. The van der Waals surface area contributed by atoms with Crippen molar-refractivity contribution in [3.63, 3.8) is 0 Å². The topological polar surface area (TPSA) is 18.5 Å². The summed E-state index contributed by atoms with van der Waals surface area (Å²) in [6.45, 7) is 18.6. The van der Waals surface area contributed by atoms with Crippen molar-refractivity contribution in [2.75, 3.05) is 0 Å². The predicted molar refractivity (Wildman–Crippen MR) is 173 cm³/mol. The molecule has 0 aliphatic carbocycles. The molecule has 2 nitrogen and oxygen atoms in total. The van der Waals surface area contributed by atoms with Gasteiger partial charge in [0.15, 0.2) is 0 Å². The maximum atomic E-state index is 6.72. The van der Waals surface area contributed by atoms with E-state index in [1.165, 1.54) is 88.2 Å². The zero-order chi connectivity index (χ0) is 29.5. The van der Waals surface area contributed by atoms with Gasteiger partial charge in [0.05, 0.1) is 0 Å². The van der Waals surface area contributed by atoms with Crippen LogP contribution < -0.4 is 0 Å². The van der Waals surface area contributed by atoms with Crippen molar-refractivity contribution in [3.05, 3.63) is 71.8 Å². The highest BCUT2D eigenvalue weighted by Gasteiger charge is 2.41. The lowest BCUT2D eigenvalue weighted by atomic mass is 9.74. The van der Waals surface area contributed by atoms with Gasteiger partial charge >= 0.3 is 0 Å². The van der Waals surface area contributed by atoms with E-state index >= 15 is 0 Å². The van der Waals surface area contributed by atoms with Gasteiger partial charge in [-0.25, -0.2) is 9.78 Å². The highest BCUT2D eigenvalue weighted by Crippen LogP contribution is 2.45. The average molecular weight is 551 g/mol. The van der Waals surface area contributed by atoms with Gasteiger partial charge in [-0.2, -0.15) is 0 Å². The molecule has 40 heavy (non-hydrogen) atoms. The van der Waals surface area contributed by atoms with E-state index in [4.69, 9.17) is 9.78 Å². The van der Waals surface area contributed by atoms with Crippen LogP contribution >= 0.6 is 0 Å². The fraction of sp³-hybridized carbons (Fsp3) is 0.684. The van der Waals surface area contributed by atoms with Crippen LogP contribution in [-0.4, -0.2) is 0 Å². The molecule has 226 valence electrons. The Morgan fingerprint density at radius 3 is 1.10 bits per heavy atom. The quantitative estimate of drug-likeness (QED) is 0.0874. The van der Waals surface area contributed by atoms with Crippen LogP contribution in [0.15, 0.2) is 60.7 Å². The van der Waals surface area contributed by atoms with E-state index in [9.17, 15) is 0 Å². The normalized spacial score (nSPS) is 15.5. The molecule has 0 bridgehead atoms.